The largest absolute Gasteiger partial charge is 0.223 e. The SMILES string of the molecule is CSc1cccc(S(=O)(=O)C(C)CCl)c1C#N. The van der Waals surface area contributed by atoms with Gasteiger partial charge >= 0.3 is 0 Å². The van der Waals surface area contributed by atoms with E-state index in [-0.39, 0.29) is 16.3 Å². The van der Waals surface area contributed by atoms with E-state index in [2.05, 4.69) is 0 Å². The first-order chi connectivity index (χ1) is 7.98. The number of hydrogen-bond donors (Lipinski definition) is 0. The fourth-order valence-corrected chi connectivity index (χ4v) is 3.77. The molecule has 1 aromatic carbocycles. The molecule has 0 bridgehead atoms. The van der Waals surface area contributed by atoms with E-state index in [1.165, 1.54) is 24.8 Å². The van der Waals surface area contributed by atoms with Crippen LogP contribution in [0.2, 0.25) is 0 Å². The summed E-state index contributed by atoms with van der Waals surface area (Å²) in [7, 11) is -3.53. The fraction of sp³-hybridized carbons (Fsp3) is 0.364. The van der Waals surface area contributed by atoms with Crippen LogP contribution < -0.4 is 0 Å². The Hall–Kier alpha value is -0.700. The highest BCUT2D eigenvalue weighted by Gasteiger charge is 2.26. The zero-order valence-electron chi connectivity index (χ0n) is 9.47. The summed E-state index contributed by atoms with van der Waals surface area (Å²) in [6.45, 7) is 1.54. The molecule has 0 saturated heterocycles. The summed E-state index contributed by atoms with van der Waals surface area (Å²) in [6.07, 6.45) is 1.80. The molecular formula is C11H12ClNO2S2. The lowest BCUT2D eigenvalue weighted by molar-refractivity contribution is 0.587. The first kappa shape index (κ1) is 14.4. The van der Waals surface area contributed by atoms with Gasteiger partial charge in [-0.3, -0.25) is 0 Å². The van der Waals surface area contributed by atoms with E-state index >= 15 is 0 Å². The van der Waals surface area contributed by atoms with Crippen molar-refractivity contribution >= 4 is 33.2 Å². The van der Waals surface area contributed by atoms with Crippen LogP contribution in [0.1, 0.15) is 12.5 Å². The molecule has 0 spiro atoms. The fourth-order valence-electron chi connectivity index (χ4n) is 1.33. The van der Waals surface area contributed by atoms with Crippen molar-refractivity contribution < 1.29 is 8.42 Å². The topological polar surface area (TPSA) is 57.9 Å². The number of nitriles is 1. The number of alkyl halides is 1. The van der Waals surface area contributed by atoms with Crippen molar-refractivity contribution in [3.63, 3.8) is 0 Å². The van der Waals surface area contributed by atoms with Crippen LogP contribution in [-0.2, 0) is 9.84 Å². The smallest absolute Gasteiger partial charge is 0.183 e. The van der Waals surface area contributed by atoms with Crippen molar-refractivity contribution in [3.05, 3.63) is 23.8 Å². The van der Waals surface area contributed by atoms with Crippen LogP contribution in [0.3, 0.4) is 0 Å². The second kappa shape index (κ2) is 5.76. The Morgan fingerprint density at radius 1 is 1.53 bits per heavy atom. The third-order valence-electron chi connectivity index (χ3n) is 2.37. The molecule has 1 unspecified atom stereocenters. The van der Waals surface area contributed by atoms with Crippen LogP contribution >= 0.6 is 23.4 Å². The van der Waals surface area contributed by atoms with E-state index in [1.807, 2.05) is 6.07 Å². The van der Waals surface area contributed by atoms with Gasteiger partial charge in [-0.2, -0.15) is 5.26 Å². The standard InChI is InChI=1S/C11H12ClNO2S2/c1-8(6-12)17(14,15)11-5-3-4-10(16-2)9(11)7-13/h3-5,8H,6H2,1-2H3. The molecule has 0 aliphatic carbocycles. The summed E-state index contributed by atoms with van der Waals surface area (Å²) in [5, 5.41) is 8.39. The third-order valence-corrected chi connectivity index (χ3v) is 5.98. The molecule has 92 valence electrons. The van der Waals surface area contributed by atoms with Gasteiger partial charge in [0.2, 0.25) is 0 Å². The average molecular weight is 290 g/mol. The molecule has 6 heteroatoms. The van der Waals surface area contributed by atoms with Crippen LogP contribution in [-0.4, -0.2) is 25.8 Å². The lowest BCUT2D eigenvalue weighted by Gasteiger charge is -2.12. The van der Waals surface area contributed by atoms with E-state index in [4.69, 9.17) is 16.9 Å². The van der Waals surface area contributed by atoms with Crippen molar-refractivity contribution in [2.24, 2.45) is 0 Å². The van der Waals surface area contributed by atoms with E-state index in [0.29, 0.717) is 4.90 Å². The number of benzene rings is 1. The number of hydrogen-bond acceptors (Lipinski definition) is 4. The Bertz CT molecular complexity index is 549. The number of sulfone groups is 1. The van der Waals surface area contributed by atoms with Gasteiger partial charge in [0.1, 0.15) is 6.07 Å². The molecule has 0 aromatic heterocycles. The number of thioether (sulfide) groups is 1. The Labute approximate surface area is 111 Å². The molecule has 0 heterocycles. The van der Waals surface area contributed by atoms with Gasteiger partial charge < -0.3 is 0 Å². The van der Waals surface area contributed by atoms with Crippen molar-refractivity contribution in [1.29, 1.82) is 5.26 Å². The predicted molar refractivity (Wildman–Crippen MR) is 70.3 cm³/mol. The normalized spacial score (nSPS) is 13.1. The summed E-state index contributed by atoms with van der Waals surface area (Å²) in [4.78, 5) is 0.732. The lowest BCUT2D eigenvalue weighted by Crippen LogP contribution is -2.20. The van der Waals surface area contributed by atoms with Gasteiger partial charge in [-0.1, -0.05) is 6.07 Å². The van der Waals surface area contributed by atoms with Crippen molar-refractivity contribution in [3.8, 4) is 6.07 Å². The highest BCUT2D eigenvalue weighted by atomic mass is 35.5. The quantitative estimate of drug-likeness (QED) is 0.632. The lowest BCUT2D eigenvalue weighted by atomic mass is 10.2. The number of halogens is 1. The summed E-state index contributed by atoms with van der Waals surface area (Å²) < 4.78 is 24.3. The van der Waals surface area contributed by atoms with Crippen LogP contribution in [0.15, 0.2) is 28.0 Å². The maximum absolute atomic E-state index is 12.2. The highest BCUT2D eigenvalue weighted by Crippen LogP contribution is 2.28. The van der Waals surface area contributed by atoms with Gasteiger partial charge in [0.15, 0.2) is 9.84 Å². The van der Waals surface area contributed by atoms with E-state index in [9.17, 15) is 8.42 Å². The van der Waals surface area contributed by atoms with Gasteiger partial charge in [-0.25, -0.2) is 8.42 Å². The minimum atomic E-state index is -3.53. The predicted octanol–water partition coefficient (Wildman–Crippen LogP) is 2.68. The van der Waals surface area contributed by atoms with Gasteiger partial charge in [0.05, 0.1) is 15.7 Å². The number of nitrogens with zero attached hydrogens (tertiary/aromatic N) is 1. The Balaban J connectivity index is 3.48. The maximum atomic E-state index is 12.2. The molecule has 0 radical (unpaired) electrons. The van der Waals surface area contributed by atoms with Crippen molar-refractivity contribution in [1.82, 2.24) is 0 Å². The molecule has 0 fully saturated rings. The van der Waals surface area contributed by atoms with Gasteiger partial charge in [0, 0.05) is 10.8 Å². The second-order valence-electron chi connectivity index (χ2n) is 3.46. The molecule has 3 nitrogen and oxygen atoms in total. The molecular weight excluding hydrogens is 278 g/mol. The molecule has 0 N–H and O–H groups in total. The highest BCUT2D eigenvalue weighted by molar-refractivity contribution is 7.98. The molecule has 0 aliphatic heterocycles. The zero-order valence-corrected chi connectivity index (χ0v) is 11.9. The van der Waals surface area contributed by atoms with Gasteiger partial charge in [-0.15, -0.1) is 23.4 Å². The molecule has 1 atom stereocenters. The van der Waals surface area contributed by atoms with Crippen LogP contribution in [0.4, 0.5) is 0 Å². The van der Waals surface area contributed by atoms with Crippen LogP contribution in [0.25, 0.3) is 0 Å². The second-order valence-corrected chi connectivity index (χ2v) is 6.95. The minimum Gasteiger partial charge on any atom is -0.223 e. The Morgan fingerprint density at radius 3 is 2.65 bits per heavy atom. The average Bonchev–Trinajstić information content (AvgIpc) is 2.36. The molecule has 17 heavy (non-hydrogen) atoms. The summed E-state index contributed by atoms with van der Waals surface area (Å²) >= 11 is 6.94. The van der Waals surface area contributed by atoms with E-state index in [0.717, 1.165) is 0 Å². The maximum Gasteiger partial charge on any atom is 0.183 e. The van der Waals surface area contributed by atoms with E-state index in [1.54, 1.807) is 18.4 Å². The van der Waals surface area contributed by atoms with Crippen LogP contribution in [0, 0.1) is 11.3 Å². The first-order valence-corrected chi connectivity index (χ1v) is 8.16. The first-order valence-electron chi connectivity index (χ1n) is 4.86. The monoisotopic (exact) mass is 289 g/mol. The molecule has 0 saturated carbocycles. The third kappa shape index (κ3) is 2.76. The van der Waals surface area contributed by atoms with Crippen molar-refractivity contribution in [2.45, 2.75) is 22.0 Å². The molecule has 1 rings (SSSR count). The van der Waals surface area contributed by atoms with Crippen LogP contribution in [0.5, 0.6) is 0 Å². The van der Waals surface area contributed by atoms with Gasteiger partial charge in [0.25, 0.3) is 0 Å². The van der Waals surface area contributed by atoms with Crippen molar-refractivity contribution in [2.75, 3.05) is 12.1 Å². The summed E-state index contributed by atoms with van der Waals surface area (Å²) in [5.41, 5.74) is 0.206. The molecule has 0 aliphatic rings. The molecule has 1 aromatic rings. The minimum absolute atomic E-state index is 0.0106. The Kier molecular flexibility index (Phi) is 4.87. The van der Waals surface area contributed by atoms with Gasteiger partial charge in [-0.05, 0) is 25.3 Å². The van der Waals surface area contributed by atoms with E-state index < -0.39 is 15.1 Å². The number of rotatable bonds is 4. The zero-order chi connectivity index (χ0) is 13.1. The Morgan fingerprint density at radius 2 is 2.18 bits per heavy atom. The summed E-state index contributed by atoms with van der Waals surface area (Å²) in [6, 6.07) is 6.78. The molecule has 0 amide bonds. The summed E-state index contributed by atoms with van der Waals surface area (Å²) in [5.74, 6) is 0.0106.